The molecule has 0 radical (unpaired) electrons. The summed E-state index contributed by atoms with van der Waals surface area (Å²) in [6.45, 7) is 5.02. The van der Waals surface area contributed by atoms with E-state index in [4.69, 9.17) is 0 Å². The van der Waals surface area contributed by atoms with Crippen molar-refractivity contribution in [3.63, 3.8) is 0 Å². The van der Waals surface area contributed by atoms with E-state index in [-0.39, 0.29) is 34.8 Å². The summed E-state index contributed by atoms with van der Waals surface area (Å²) in [5.41, 5.74) is 0. The fourth-order valence-corrected chi connectivity index (χ4v) is 2.01. The van der Waals surface area contributed by atoms with Crippen molar-refractivity contribution < 1.29 is 38.3 Å². The second-order valence-electron chi connectivity index (χ2n) is 2.89. The van der Waals surface area contributed by atoms with Crippen molar-refractivity contribution in [1.82, 2.24) is 4.90 Å². The molecule has 1 aliphatic rings. The van der Waals surface area contributed by atoms with E-state index in [0.29, 0.717) is 0 Å². The molecule has 1 unspecified atom stereocenters. The Kier molecular flexibility index (Phi) is 7.09. The molecule has 1 saturated heterocycles. The number of hydrogen-bond acceptors (Lipinski definition) is 3. The molecule has 1 atom stereocenters. The Labute approximate surface area is 98.5 Å². The fourth-order valence-electron chi connectivity index (χ4n) is 1.42. The van der Waals surface area contributed by atoms with E-state index in [2.05, 4.69) is 11.8 Å². The Hall–Kier alpha value is 1.07. The van der Waals surface area contributed by atoms with E-state index in [1.54, 1.807) is 0 Å². The van der Waals surface area contributed by atoms with Gasteiger partial charge in [-0.3, -0.25) is 4.21 Å². The first-order valence-corrected chi connectivity index (χ1v) is 5.18. The molecule has 0 spiro atoms. The first-order chi connectivity index (χ1) is 5.24. The van der Waals surface area contributed by atoms with Gasteiger partial charge in [0.25, 0.3) is 0 Å². The van der Waals surface area contributed by atoms with Gasteiger partial charge in [-0.2, -0.15) is 0 Å². The molecule has 3 nitrogen and oxygen atoms in total. The Morgan fingerprint density at radius 1 is 1.50 bits per heavy atom. The third kappa shape index (κ3) is 3.85. The Morgan fingerprint density at radius 2 is 2.00 bits per heavy atom. The quantitative estimate of drug-likeness (QED) is 0.360. The van der Waals surface area contributed by atoms with Crippen LogP contribution >= 0.6 is 0 Å². The second-order valence-corrected chi connectivity index (χ2v) is 4.08. The molecule has 1 rings (SSSR count). The summed E-state index contributed by atoms with van der Waals surface area (Å²) >= 11 is -1.85. The van der Waals surface area contributed by atoms with Crippen molar-refractivity contribution in [3.8, 4) is 0 Å². The average Bonchev–Trinajstić information content (AvgIpc) is 2.05. The van der Waals surface area contributed by atoms with Gasteiger partial charge in [0.1, 0.15) is 0 Å². The largest absolute Gasteiger partial charge is 1.00 e. The van der Waals surface area contributed by atoms with Gasteiger partial charge in [-0.05, 0) is 32.5 Å². The van der Waals surface area contributed by atoms with Gasteiger partial charge in [0.05, 0.1) is 0 Å². The SMILES string of the molecule is CCN1CCC(S(=O)[O-])CC1.[Na+]. The van der Waals surface area contributed by atoms with E-state index in [1.165, 1.54) is 0 Å². The van der Waals surface area contributed by atoms with Gasteiger partial charge < -0.3 is 9.45 Å². The molecule has 0 bridgehead atoms. The normalized spacial score (nSPS) is 23.2. The zero-order valence-electron chi connectivity index (χ0n) is 7.78. The molecule has 12 heavy (non-hydrogen) atoms. The zero-order chi connectivity index (χ0) is 8.27. The molecule has 0 saturated carbocycles. The maximum Gasteiger partial charge on any atom is 1.00 e. The van der Waals surface area contributed by atoms with Crippen molar-refractivity contribution in [2.75, 3.05) is 19.6 Å². The number of nitrogens with zero attached hydrogens (tertiary/aromatic N) is 1. The maximum absolute atomic E-state index is 10.5. The first kappa shape index (κ1) is 13.1. The van der Waals surface area contributed by atoms with E-state index in [9.17, 15) is 8.76 Å². The molecule has 66 valence electrons. The van der Waals surface area contributed by atoms with Crippen LogP contribution in [-0.4, -0.2) is 38.5 Å². The molecule has 0 aromatic heterocycles. The molecular weight excluding hydrogens is 185 g/mol. The van der Waals surface area contributed by atoms with E-state index >= 15 is 0 Å². The average molecular weight is 199 g/mol. The van der Waals surface area contributed by atoms with Crippen LogP contribution in [0.5, 0.6) is 0 Å². The van der Waals surface area contributed by atoms with Crippen LogP contribution in [0.4, 0.5) is 0 Å². The number of piperidine rings is 1. The number of hydrogen-bond donors (Lipinski definition) is 0. The molecule has 1 aliphatic heterocycles. The number of likely N-dealkylation sites (tertiary alicyclic amines) is 1. The molecule has 0 aliphatic carbocycles. The van der Waals surface area contributed by atoms with E-state index in [0.717, 1.165) is 32.5 Å². The van der Waals surface area contributed by atoms with Crippen LogP contribution in [0.3, 0.4) is 0 Å². The standard InChI is InChI=1S/C7H15NO2S.Na/c1-2-8-5-3-7(4-6-8)11(9)10;/h7H,2-6H2,1H3,(H,9,10);/q;+1/p-1. The Morgan fingerprint density at radius 3 is 2.33 bits per heavy atom. The summed E-state index contributed by atoms with van der Waals surface area (Å²) in [5, 5.41) is -0.0854. The third-order valence-electron chi connectivity index (χ3n) is 2.25. The monoisotopic (exact) mass is 199 g/mol. The molecule has 5 heteroatoms. The van der Waals surface area contributed by atoms with Gasteiger partial charge in [-0.15, -0.1) is 0 Å². The van der Waals surface area contributed by atoms with Crippen LogP contribution in [0, 0.1) is 0 Å². The summed E-state index contributed by atoms with van der Waals surface area (Å²) in [6, 6.07) is 0. The minimum atomic E-state index is -1.85. The molecule has 1 heterocycles. The minimum absolute atomic E-state index is 0. The zero-order valence-corrected chi connectivity index (χ0v) is 10.6. The Bertz CT molecular complexity index is 148. The van der Waals surface area contributed by atoms with Crippen LogP contribution in [0.1, 0.15) is 19.8 Å². The molecule has 0 aromatic rings. The van der Waals surface area contributed by atoms with Gasteiger partial charge in [0.15, 0.2) is 0 Å². The summed E-state index contributed by atoms with van der Waals surface area (Å²) in [6.07, 6.45) is 1.62. The van der Waals surface area contributed by atoms with Crippen LogP contribution in [-0.2, 0) is 11.1 Å². The van der Waals surface area contributed by atoms with Gasteiger partial charge >= 0.3 is 29.6 Å². The predicted molar refractivity (Wildman–Crippen MR) is 44.1 cm³/mol. The molecule has 0 aromatic carbocycles. The van der Waals surface area contributed by atoms with Crippen molar-refractivity contribution in [3.05, 3.63) is 0 Å². The van der Waals surface area contributed by atoms with Crippen molar-refractivity contribution in [1.29, 1.82) is 0 Å². The van der Waals surface area contributed by atoms with Crippen molar-refractivity contribution in [2.24, 2.45) is 0 Å². The third-order valence-corrected chi connectivity index (χ3v) is 3.27. The molecule has 0 amide bonds. The van der Waals surface area contributed by atoms with E-state index in [1.807, 2.05) is 0 Å². The number of rotatable bonds is 2. The molecule has 0 N–H and O–H groups in total. The maximum atomic E-state index is 10.5. The van der Waals surface area contributed by atoms with Gasteiger partial charge in [0.2, 0.25) is 0 Å². The van der Waals surface area contributed by atoms with Crippen LogP contribution in [0.2, 0.25) is 0 Å². The predicted octanol–water partition coefficient (Wildman–Crippen LogP) is -2.65. The van der Waals surface area contributed by atoms with Gasteiger partial charge in [0, 0.05) is 5.25 Å². The van der Waals surface area contributed by atoms with Gasteiger partial charge in [-0.25, -0.2) is 0 Å². The van der Waals surface area contributed by atoms with Crippen molar-refractivity contribution in [2.45, 2.75) is 25.0 Å². The second kappa shape index (κ2) is 6.51. The smallest absolute Gasteiger partial charge is 0.772 e. The topological polar surface area (TPSA) is 43.4 Å². The summed E-state index contributed by atoms with van der Waals surface area (Å²) in [7, 11) is 0. The summed E-state index contributed by atoms with van der Waals surface area (Å²) in [5.74, 6) is 0. The summed E-state index contributed by atoms with van der Waals surface area (Å²) < 4.78 is 21.1. The van der Waals surface area contributed by atoms with E-state index < -0.39 is 11.1 Å². The van der Waals surface area contributed by atoms with Crippen LogP contribution < -0.4 is 29.6 Å². The van der Waals surface area contributed by atoms with Gasteiger partial charge in [-0.1, -0.05) is 18.0 Å². The fraction of sp³-hybridized carbons (Fsp3) is 1.00. The Balaban J connectivity index is 0.00000121. The molecule has 1 fully saturated rings. The van der Waals surface area contributed by atoms with Crippen molar-refractivity contribution >= 4 is 11.1 Å². The first-order valence-electron chi connectivity index (χ1n) is 4.04. The van der Waals surface area contributed by atoms with Crippen LogP contribution in [0.15, 0.2) is 0 Å². The molecular formula is C7H14NNaO2S. The van der Waals surface area contributed by atoms with Crippen LogP contribution in [0.25, 0.3) is 0 Å². The minimum Gasteiger partial charge on any atom is -0.772 e. The summed E-state index contributed by atoms with van der Waals surface area (Å²) in [4.78, 5) is 2.28.